The van der Waals surface area contributed by atoms with Crippen molar-refractivity contribution in [3.8, 4) is 0 Å². The number of ether oxygens (including phenoxy) is 1. The predicted octanol–water partition coefficient (Wildman–Crippen LogP) is 3.49. The van der Waals surface area contributed by atoms with E-state index in [1.54, 1.807) is 11.3 Å². The summed E-state index contributed by atoms with van der Waals surface area (Å²) in [5.74, 6) is 0. The number of likely N-dealkylation sites (N-methyl/N-ethyl adjacent to an activating group) is 1. The average molecular weight is 333 g/mol. The minimum atomic E-state index is 0.739. The lowest BCUT2D eigenvalue weighted by Crippen LogP contribution is -2.32. The first-order valence-electron chi connectivity index (χ1n) is 8.65. The lowest BCUT2D eigenvalue weighted by molar-refractivity contribution is 0.125. The van der Waals surface area contributed by atoms with E-state index < -0.39 is 0 Å². The second-order valence-electron chi connectivity index (χ2n) is 6.72. The van der Waals surface area contributed by atoms with Gasteiger partial charge in [0.15, 0.2) is 0 Å². The van der Waals surface area contributed by atoms with Gasteiger partial charge in [-0.15, -0.1) is 11.3 Å². The summed E-state index contributed by atoms with van der Waals surface area (Å²) in [6.07, 6.45) is 3.46. The molecule has 1 aliphatic heterocycles. The van der Waals surface area contributed by atoms with Crippen LogP contribution in [0.1, 0.15) is 18.4 Å². The molecule has 0 amide bonds. The zero-order chi connectivity index (χ0) is 16.1. The van der Waals surface area contributed by atoms with E-state index in [1.165, 1.54) is 41.7 Å². The Hall–Kier alpha value is -0.940. The molecule has 23 heavy (non-hydrogen) atoms. The smallest absolute Gasteiger partial charge is 0.0506 e. The number of benzene rings is 1. The Kier molecular flexibility index (Phi) is 6.06. The van der Waals surface area contributed by atoms with Gasteiger partial charge in [-0.3, -0.25) is 0 Å². The van der Waals surface area contributed by atoms with Crippen molar-refractivity contribution in [2.45, 2.75) is 25.3 Å². The Labute approximate surface area is 143 Å². The molecule has 0 N–H and O–H groups in total. The number of hydrogen-bond acceptors (Lipinski definition) is 4. The van der Waals surface area contributed by atoms with Gasteiger partial charge >= 0.3 is 0 Å². The molecule has 4 heteroatoms. The van der Waals surface area contributed by atoms with Crippen molar-refractivity contribution in [3.05, 3.63) is 35.2 Å². The Balaban J connectivity index is 1.28. The fourth-order valence-electron chi connectivity index (χ4n) is 3.29. The largest absolute Gasteiger partial charge is 0.381 e. The Morgan fingerprint density at radius 2 is 2.17 bits per heavy atom. The van der Waals surface area contributed by atoms with Crippen LogP contribution in [0.2, 0.25) is 0 Å². The Bertz CT molecular complexity index is 610. The van der Waals surface area contributed by atoms with Gasteiger partial charge in [0.05, 0.1) is 6.61 Å². The van der Waals surface area contributed by atoms with Gasteiger partial charge in [-0.1, -0.05) is 12.1 Å². The summed E-state index contributed by atoms with van der Waals surface area (Å²) in [4.78, 5) is 4.92. The van der Waals surface area contributed by atoms with Crippen LogP contribution in [0.5, 0.6) is 0 Å². The van der Waals surface area contributed by atoms with E-state index in [0.717, 1.165) is 32.1 Å². The molecule has 126 valence electrons. The molecule has 0 spiro atoms. The second kappa shape index (κ2) is 8.25. The molecule has 1 aliphatic rings. The van der Waals surface area contributed by atoms with Crippen molar-refractivity contribution >= 4 is 21.4 Å². The van der Waals surface area contributed by atoms with Crippen LogP contribution >= 0.6 is 11.3 Å². The summed E-state index contributed by atoms with van der Waals surface area (Å²) in [5, 5.41) is 3.52. The van der Waals surface area contributed by atoms with Gasteiger partial charge in [-0.05, 0) is 68.4 Å². The van der Waals surface area contributed by atoms with E-state index in [0.29, 0.717) is 0 Å². The average Bonchev–Trinajstić information content (AvgIpc) is 3.19. The van der Waals surface area contributed by atoms with Gasteiger partial charge in [-0.2, -0.15) is 0 Å². The molecule has 1 aromatic carbocycles. The maximum Gasteiger partial charge on any atom is 0.0506 e. The van der Waals surface area contributed by atoms with Crippen LogP contribution in [0.4, 0.5) is 0 Å². The number of hydrogen-bond donors (Lipinski definition) is 0. The highest BCUT2D eigenvalue weighted by atomic mass is 32.1. The quantitative estimate of drug-likeness (QED) is 0.688. The van der Waals surface area contributed by atoms with Crippen molar-refractivity contribution in [1.82, 2.24) is 9.80 Å². The number of thiophene rings is 1. The van der Waals surface area contributed by atoms with Crippen LogP contribution in [-0.4, -0.2) is 62.8 Å². The molecule has 3 nitrogen and oxygen atoms in total. The maximum atomic E-state index is 5.83. The maximum absolute atomic E-state index is 5.83. The van der Waals surface area contributed by atoms with Crippen molar-refractivity contribution in [2.75, 3.05) is 46.9 Å². The first kappa shape index (κ1) is 16.9. The van der Waals surface area contributed by atoms with Gasteiger partial charge in [0, 0.05) is 30.4 Å². The lowest BCUT2D eigenvalue weighted by atomic mass is 10.1. The highest BCUT2D eigenvalue weighted by molar-refractivity contribution is 7.17. The highest BCUT2D eigenvalue weighted by Gasteiger charge is 2.22. The molecule has 1 aromatic heterocycles. The molecule has 0 saturated carbocycles. The van der Waals surface area contributed by atoms with Gasteiger partial charge in [0.2, 0.25) is 0 Å². The topological polar surface area (TPSA) is 15.7 Å². The predicted molar refractivity (Wildman–Crippen MR) is 99.5 cm³/mol. The third kappa shape index (κ3) is 4.77. The zero-order valence-electron chi connectivity index (χ0n) is 14.3. The Morgan fingerprint density at radius 3 is 3.00 bits per heavy atom. The van der Waals surface area contributed by atoms with Crippen LogP contribution < -0.4 is 0 Å². The molecule has 1 fully saturated rings. The molecule has 2 aromatic rings. The third-order valence-corrected chi connectivity index (χ3v) is 5.69. The third-order valence-electron chi connectivity index (χ3n) is 4.79. The fourth-order valence-corrected chi connectivity index (χ4v) is 4.06. The summed E-state index contributed by atoms with van der Waals surface area (Å²) in [5.41, 5.74) is 1.38. The van der Waals surface area contributed by atoms with Crippen molar-refractivity contribution in [1.29, 1.82) is 0 Å². The van der Waals surface area contributed by atoms with E-state index in [9.17, 15) is 0 Å². The molecule has 1 saturated heterocycles. The molecule has 1 atom stereocenters. The fraction of sp³-hybridized carbons (Fsp3) is 0.579. The normalized spacial score (nSPS) is 19.2. The highest BCUT2D eigenvalue weighted by Crippen LogP contribution is 2.22. The Morgan fingerprint density at radius 1 is 1.26 bits per heavy atom. The number of likely N-dealkylation sites (tertiary alicyclic amines) is 1. The van der Waals surface area contributed by atoms with Gasteiger partial charge in [-0.25, -0.2) is 0 Å². The summed E-state index contributed by atoms with van der Waals surface area (Å²) in [6, 6.07) is 9.68. The van der Waals surface area contributed by atoms with Gasteiger partial charge < -0.3 is 14.5 Å². The summed E-state index contributed by atoms with van der Waals surface area (Å²) in [6.45, 7) is 5.34. The van der Waals surface area contributed by atoms with Crippen molar-refractivity contribution in [3.63, 3.8) is 0 Å². The number of rotatable bonds is 8. The molecule has 0 aliphatic carbocycles. The van der Waals surface area contributed by atoms with E-state index >= 15 is 0 Å². The van der Waals surface area contributed by atoms with Gasteiger partial charge in [0.1, 0.15) is 0 Å². The van der Waals surface area contributed by atoms with E-state index in [2.05, 4.69) is 53.5 Å². The monoisotopic (exact) mass is 332 g/mol. The molecule has 1 unspecified atom stereocenters. The number of nitrogens with zero attached hydrogens (tertiary/aromatic N) is 2. The molecule has 0 radical (unpaired) electrons. The standard InChI is InChI=1S/C19H28N2OS/c1-20(2)18-6-10-21(15-18)9-3-11-22-12-7-16-4-5-19-17(14-16)8-13-23-19/h4-5,8,13-14,18H,3,6-7,9-12,15H2,1-2H3. The second-order valence-corrected chi connectivity index (χ2v) is 7.66. The molecule has 0 bridgehead atoms. The summed E-state index contributed by atoms with van der Waals surface area (Å²) in [7, 11) is 4.37. The summed E-state index contributed by atoms with van der Waals surface area (Å²) >= 11 is 1.81. The minimum absolute atomic E-state index is 0.739. The van der Waals surface area contributed by atoms with Crippen LogP contribution in [-0.2, 0) is 11.2 Å². The van der Waals surface area contributed by atoms with Gasteiger partial charge in [0.25, 0.3) is 0 Å². The zero-order valence-corrected chi connectivity index (χ0v) is 15.1. The molecular formula is C19H28N2OS. The summed E-state index contributed by atoms with van der Waals surface area (Å²) < 4.78 is 7.20. The first-order valence-corrected chi connectivity index (χ1v) is 9.53. The van der Waals surface area contributed by atoms with Crippen LogP contribution in [0.3, 0.4) is 0 Å². The molecule has 2 heterocycles. The SMILES string of the molecule is CN(C)C1CCN(CCCOCCc2ccc3sccc3c2)C1. The molecular weight excluding hydrogens is 304 g/mol. The van der Waals surface area contributed by atoms with Crippen molar-refractivity contribution < 1.29 is 4.74 Å². The van der Waals surface area contributed by atoms with Crippen LogP contribution in [0.15, 0.2) is 29.6 Å². The molecule has 3 rings (SSSR count). The first-order chi connectivity index (χ1) is 11.2. The number of fused-ring (bicyclic) bond motifs is 1. The van der Waals surface area contributed by atoms with Crippen molar-refractivity contribution in [2.24, 2.45) is 0 Å². The van der Waals surface area contributed by atoms with E-state index in [-0.39, 0.29) is 0 Å². The minimum Gasteiger partial charge on any atom is -0.381 e. The van der Waals surface area contributed by atoms with E-state index in [4.69, 9.17) is 4.74 Å². The lowest BCUT2D eigenvalue weighted by Gasteiger charge is -2.20. The van der Waals surface area contributed by atoms with E-state index in [1.807, 2.05) is 0 Å². The van der Waals surface area contributed by atoms with Crippen LogP contribution in [0.25, 0.3) is 10.1 Å². The van der Waals surface area contributed by atoms with Crippen LogP contribution in [0, 0.1) is 0 Å².